The number of rotatable bonds is 5. The number of carbonyl (C=O) groups excluding carboxylic acids is 1. The summed E-state index contributed by atoms with van der Waals surface area (Å²) >= 11 is 3.26. The van der Waals surface area contributed by atoms with Crippen LogP contribution >= 0.6 is 23.1 Å². The molecule has 4 rings (SSSR count). The fourth-order valence-corrected chi connectivity index (χ4v) is 5.60. The molecule has 0 bridgehead atoms. The first-order valence-electron chi connectivity index (χ1n) is 8.94. The molecule has 0 aliphatic heterocycles. The Bertz CT molecular complexity index is 1020. The van der Waals surface area contributed by atoms with E-state index in [1.54, 1.807) is 24.8 Å². The van der Waals surface area contributed by atoms with Crippen molar-refractivity contribution in [3.63, 3.8) is 0 Å². The minimum atomic E-state index is -0.287. The number of aromatic nitrogens is 2. The number of nitrogens with zero attached hydrogens (tertiary/aromatic N) is 2. The van der Waals surface area contributed by atoms with Crippen LogP contribution in [0.3, 0.4) is 0 Å². The van der Waals surface area contributed by atoms with Crippen molar-refractivity contribution in [3.8, 4) is 5.75 Å². The molecule has 3 aromatic rings. The number of anilines is 1. The predicted molar refractivity (Wildman–Crippen MR) is 111 cm³/mol. The van der Waals surface area contributed by atoms with E-state index in [2.05, 4.69) is 15.3 Å². The lowest BCUT2D eigenvalue weighted by Gasteiger charge is -2.15. The standard InChI is InChI=1S/C20H21N3O2S2/c1-11-7-8-15(25-3)14(9-11)23-18(24)12(2)26-19-17-13-5-4-6-16(13)27-20(17)22-10-21-19/h7-10,12H,4-6H2,1-3H3,(H,23,24)/t12-/m0/s1. The van der Waals surface area contributed by atoms with Crippen LogP contribution in [0, 0.1) is 6.92 Å². The summed E-state index contributed by atoms with van der Waals surface area (Å²) in [5, 5.41) is 4.75. The SMILES string of the molecule is COc1ccc(C)cc1NC(=O)[C@H](C)Sc1ncnc2sc3c(c12)CCC3. The van der Waals surface area contributed by atoms with Crippen molar-refractivity contribution in [1.29, 1.82) is 0 Å². The van der Waals surface area contributed by atoms with E-state index >= 15 is 0 Å². The number of nitrogens with one attached hydrogen (secondary N) is 1. The zero-order chi connectivity index (χ0) is 19.0. The summed E-state index contributed by atoms with van der Waals surface area (Å²) in [4.78, 5) is 24.2. The molecule has 2 heterocycles. The summed E-state index contributed by atoms with van der Waals surface area (Å²) in [6.45, 7) is 3.89. The molecule has 0 unspecified atom stereocenters. The molecule has 27 heavy (non-hydrogen) atoms. The molecule has 5 nitrogen and oxygen atoms in total. The maximum Gasteiger partial charge on any atom is 0.237 e. The molecule has 1 aliphatic carbocycles. The predicted octanol–water partition coefficient (Wildman–Crippen LogP) is 4.62. The summed E-state index contributed by atoms with van der Waals surface area (Å²) in [5.74, 6) is 0.591. The molecule has 0 saturated heterocycles. The number of fused-ring (bicyclic) bond motifs is 3. The van der Waals surface area contributed by atoms with E-state index in [1.807, 2.05) is 32.0 Å². The Kier molecular flexibility index (Phi) is 5.06. The van der Waals surface area contributed by atoms with Crippen LogP contribution in [-0.4, -0.2) is 28.2 Å². The number of thioether (sulfide) groups is 1. The van der Waals surface area contributed by atoms with Crippen LogP contribution in [-0.2, 0) is 17.6 Å². The normalized spacial score (nSPS) is 14.2. The fraction of sp³-hybridized carbons (Fsp3) is 0.350. The number of hydrogen-bond acceptors (Lipinski definition) is 6. The van der Waals surface area contributed by atoms with Gasteiger partial charge in [0, 0.05) is 10.3 Å². The van der Waals surface area contributed by atoms with E-state index < -0.39 is 0 Å². The molecule has 0 spiro atoms. The van der Waals surface area contributed by atoms with Crippen molar-refractivity contribution in [2.45, 2.75) is 43.4 Å². The Hall–Kier alpha value is -2.12. The van der Waals surface area contributed by atoms with Gasteiger partial charge in [0.1, 0.15) is 21.9 Å². The van der Waals surface area contributed by atoms with Crippen molar-refractivity contribution in [1.82, 2.24) is 9.97 Å². The van der Waals surface area contributed by atoms with E-state index in [-0.39, 0.29) is 11.2 Å². The van der Waals surface area contributed by atoms with Crippen molar-refractivity contribution in [3.05, 3.63) is 40.5 Å². The first kappa shape index (κ1) is 18.3. The lowest BCUT2D eigenvalue weighted by Crippen LogP contribution is -2.23. The van der Waals surface area contributed by atoms with E-state index in [4.69, 9.17) is 4.74 Å². The van der Waals surface area contributed by atoms with Crippen molar-refractivity contribution in [2.75, 3.05) is 12.4 Å². The zero-order valence-corrected chi connectivity index (χ0v) is 17.2. The molecular weight excluding hydrogens is 378 g/mol. The summed E-state index contributed by atoms with van der Waals surface area (Å²) in [6.07, 6.45) is 5.00. The van der Waals surface area contributed by atoms with Gasteiger partial charge in [0.25, 0.3) is 0 Å². The van der Waals surface area contributed by atoms with Gasteiger partial charge < -0.3 is 10.1 Å². The van der Waals surface area contributed by atoms with E-state index in [0.717, 1.165) is 33.6 Å². The Labute approximate surface area is 166 Å². The van der Waals surface area contributed by atoms with Crippen LogP contribution in [0.25, 0.3) is 10.2 Å². The number of amides is 1. The third-order valence-corrected chi connectivity index (χ3v) is 7.04. The molecule has 0 fully saturated rings. The van der Waals surface area contributed by atoms with Gasteiger partial charge in [0.05, 0.1) is 18.0 Å². The topological polar surface area (TPSA) is 64.1 Å². The first-order valence-corrected chi connectivity index (χ1v) is 10.6. The quantitative estimate of drug-likeness (QED) is 0.501. The molecule has 7 heteroatoms. The van der Waals surface area contributed by atoms with Gasteiger partial charge in [0.15, 0.2) is 0 Å². The first-order chi connectivity index (χ1) is 13.1. The average molecular weight is 400 g/mol. The van der Waals surface area contributed by atoms with Gasteiger partial charge in [-0.3, -0.25) is 4.79 Å². The Morgan fingerprint density at radius 3 is 3.00 bits per heavy atom. The number of hydrogen-bond donors (Lipinski definition) is 1. The Morgan fingerprint density at radius 1 is 1.33 bits per heavy atom. The number of carbonyl (C=O) groups is 1. The minimum Gasteiger partial charge on any atom is -0.495 e. The lowest BCUT2D eigenvalue weighted by molar-refractivity contribution is -0.115. The van der Waals surface area contributed by atoms with Crippen LogP contribution < -0.4 is 10.1 Å². The number of aryl methyl sites for hydroxylation is 3. The summed E-state index contributed by atoms with van der Waals surface area (Å²) in [6, 6.07) is 5.75. The smallest absolute Gasteiger partial charge is 0.237 e. The molecule has 1 N–H and O–H groups in total. The maximum atomic E-state index is 12.8. The Morgan fingerprint density at radius 2 is 2.19 bits per heavy atom. The maximum absolute atomic E-state index is 12.8. The molecule has 1 atom stereocenters. The second-order valence-corrected chi connectivity index (χ2v) is 9.08. The average Bonchev–Trinajstić information content (AvgIpc) is 3.23. The minimum absolute atomic E-state index is 0.0671. The highest BCUT2D eigenvalue weighted by Crippen LogP contribution is 2.41. The van der Waals surface area contributed by atoms with E-state index in [9.17, 15) is 4.79 Å². The summed E-state index contributed by atoms with van der Waals surface area (Å²) in [5.41, 5.74) is 3.14. The third-order valence-electron chi connectivity index (χ3n) is 4.74. The molecule has 140 valence electrons. The number of thiophene rings is 1. The van der Waals surface area contributed by atoms with Crippen LogP contribution in [0.4, 0.5) is 5.69 Å². The number of benzene rings is 1. The van der Waals surface area contributed by atoms with Gasteiger partial charge in [-0.25, -0.2) is 9.97 Å². The highest BCUT2D eigenvalue weighted by Gasteiger charge is 2.24. The molecule has 1 aliphatic rings. The third kappa shape index (κ3) is 3.53. The lowest BCUT2D eigenvalue weighted by atomic mass is 10.2. The molecule has 1 aromatic carbocycles. The van der Waals surface area contributed by atoms with Gasteiger partial charge in [-0.05, 0) is 56.4 Å². The summed E-state index contributed by atoms with van der Waals surface area (Å²) in [7, 11) is 1.60. The van der Waals surface area contributed by atoms with Gasteiger partial charge >= 0.3 is 0 Å². The molecule has 1 amide bonds. The summed E-state index contributed by atoms with van der Waals surface area (Å²) < 4.78 is 5.36. The van der Waals surface area contributed by atoms with Gasteiger partial charge in [-0.15, -0.1) is 11.3 Å². The molecular formula is C20H21N3O2S2. The van der Waals surface area contributed by atoms with Crippen LogP contribution in [0.1, 0.15) is 29.3 Å². The zero-order valence-electron chi connectivity index (χ0n) is 15.5. The van der Waals surface area contributed by atoms with Crippen LogP contribution in [0.5, 0.6) is 5.75 Å². The monoisotopic (exact) mass is 399 g/mol. The van der Waals surface area contributed by atoms with Gasteiger partial charge in [-0.1, -0.05) is 17.8 Å². The van der Waals surface area contributed by atoms with Crippen LogP contribution in [0.2, 0.25) is 0 Å². The van der Waals surface area contributed by atoms with Crippen LogP contribution in [0.15, 0.2) is 29.6 Å². The van der Waals surface area contributed by atoms with Gasteiger partial charge in [0.2, 0.25) is 5.91 Å². The Balaban J connectivity index is 1.56. The van der Waals surface area contributed by atoms with Gasteiger partial charge in [-0.2, -0.15) is 0 Å². The van der Waals surface area contributed by atoms with Crippen molar-refractivity contribution in [2.24, 2.45) is 0 Å². The largest absolute Gasteiger partial charge is 0.495 e. The second kappa shape index (κ2) is 7.48. The van der Waals surface area contributed by atoms with Crippen molar-refractivity contribution >= 4 is 44.9 Å². The van der Waals surface area contributed by atoms with E-state index in [0.29, 0.717) is 11.4 Å². The highest BCUT2D eigenvalue weighted by molar-refractivity contribution is 8.00. The highest BCUT2D eigenvalue weighted by atomic mass is 32.2. The van der Waals surface area contributed by atoms with Crippen molar-refractivity contribution < 1.29 is 9.53 Å². The number of ether oxygens (including phenoxy) is 1. The number of methoxy groups -OCH3 is 1. The van der Waals surface area contributed by atoms with E-state index in [1.165, 1.54) is 28.6 Å². The molecule has 2 aromatic heterocycles. The second-order valence-electron chi connectivity index (χ2n) is 6.67. The molecule has 0 radical (unpaired) electrons. The molecule has 0 saturated carbocycles. The fourth-order valence-electron chi connectivity index (χ4n) is 3.36.